The lowest BCUT2D eigenvalue weighted by atomic mass is 10.0. The van der Waals surface area contributed by atoms with Gasteiger partial charge in [-0.1, -0.05) is 11.6 Å². The number of ether oxygens (including phenoxy) is 1. The normalized spacial score (nSPS) is 12.8. The fourth-order valence-corrected chi connectivity index (χ4v) is 3.79. The van der Waals surface area contributed by atoms with Crippen molar-refractivity contribution in [3.05, 3.63) is 70.6 Å². The number of halogens is 3. The van der Waals surface area contributed by atoms with Crippen LogP contribution in [0.4, 0.5) is 14.7 Å². The Balaban J connectivity index is 1.50. The zero-order valence-electron chi connectivity index (χ0n) is 15.0. The number of benzene rings is 2. The predicted molar refractivity (Wildman–Crippen MR) is 104 cm³/mol. The van der Waals surface area contributed by atoms with Crippen LogP contribution >= 0.6 is 11.6 Å². The number of rotatable bonds is 4. The third-order valence-electron chi connectivity index (χ3n) is 4.92. The molecule has 0 saturated carbocycles. The molecule has 2 aromatic heterocycles. The van der Waals surface area contributed by atoms with Crippen molar-refractivity contribution < 1.29 is 13.5 Å². The summed E-state index contributed by atoms with van der Waals surface area (Å²) in [7, 11) is 0. The molecule has 1 N–H and O–H groups in total. The lowest BCUT2D eigenvalue weighted by molar-refractivity contribution is 0.356. The van der Waals surface area contributed by atoms with Gasteiger partial charge in [-0.3, -0.25) is 4.40 Å². The first-order valence-corrected chi connectivity index (χ1v) is 9.30. The van der Waals surface area contributed by atoms with Crippen molar-refractivity contribution in [1.29, 1.82) is 0 Å². The molecule has 6 nitrogen and oxygen atoms in total. The summed E-state index contributed by atoms with van der Waals surface area (Å²) >= 11 is 6.19. The van der Waals surface area contributed by atoms with Crippen LogP contribution in [0.5, 0.6) is 5.75 Å². The molecule has 146 valence electrons. The molecule has 0 fully saturated rings. The van der Waals surface area contributed by atoms with Crippen molar-refractivity contribution in [1.82, 2.24) is 19.6 Å². The second kappa shape index (κ2) is 6.97. The Kier molecular flexibility index (Phi) is 4.28. The molecule has 0 bridgehead atoms. The predicted octanol–water partition coefficient (Wildman–Crippen LogP) is 4.27. The van der Waals surface area contributed by atoms with Gasteiger partial charge in [0.25, 0.3) is 0 Å². The van der Waals surface area contributed by atoms with Gasteiger partial charge in [0.2, 0.25) is 5.95 Å². The van der Waals surface area contributed by atoms with E-state index in [1.165, 1.54) is 24.5 Å². The average molecular weight is 414 g/mol. The first-order chi connectivity index (χ1) is 14.1. The Hall–Kier alpha value is -3.26. The summed E-state index contributed by atoms with van der Waals surface area (Å²) in [5.41, 5.74) is 3.12. The van der Waals surface area contributed by atoms with E-state index in [1.54, 1.807) is 22.7 Å². The van der Waals surface area contributed by atoms with Gasteiger partial charge in [-0.2, -0.15) is 0 Å². The van der Waals surface area contributed by atoms with Gasteiger partial charge in [-0.15, -0.1) is 10.2 Å². The van der Waals surface area contributed by atoms with E-state index >= 15 is 0 Å². The lowest BCUT2D eigenvalue weighted by Gasteiger charge is -2.13. The maximum absolute atomic E-state index is 14.4. The molecule has 1 aliphatic rings. The Labute approximate surface area is 169 Å². The van der Waals surface area contributed by atoms with Crippen LogP contribution in [0.15, 0.2) is 42.9 Å². The molecular weight excluding hydrogens is 400 g/mol. The molecule has 9 heteroatoms. The van der Waals surface area contributed by atoms with E-state index in [9.17, 15) is 8.78 Å². The average Bonchev–Trinajstić information content (AvgIpc) is 3.37. The number of fused-ring (bicyclic) bond motifs is 2. The summed E-state index contributed by atoms with van der Waals surface area (Å²) < 4.78 is 34.9. The minimum atomic E-state index is -0.427. The van der Waals surface area contributed by atoms with Crippen LogP contribution in [0.1, 0.15) is 11.1 Å². The van der Waals surface area contributed by atoms with E-state index in [0.29, 0.717) is 47.1 Å². The number of hydrogen-bond acceptors (Lipinski definition) is 5. The fourth-order valence-electron chi connectivity index (χ4n) is 3.52. The monoisotopic (exact) mass is 413 g/mol. The lowest BCUT2D eigenvalue weighted by Crippen LogP contribution is -2.09. The van der Waals surface area contributed by atoms with Crippen LogP contribution in [0.2, 0.25) is 5.02 Å². The van der Waals surface area contributed by atoms with Gasteiger partial charge in [0.15, 0.2) is 5.65 Å². The first-order valence-electron chi connectivity index (χ1n) is 8.93. The Bertz CT molecular complexity index is 1240. The zero-order valence-corrected chi connectivity index (χ0v) is 15.7. The highest BCUT2D eigenvalue weighted by atomic mass is 35.5. The molecule has 3 heterocycles. The van der Waals surface area contributed by atoms with E-state index in [-0.39, 0.29) is 17.4 Å². The van der Waals surface area contributed by atoms with E-state index in [2.05, 4.69) is 20.5 Å². The summed E-state index contributed by atoms with van der Waals surface area (Å²) in [4.78, 5) is 4.42. The topological polar surface area (TPSA) is 64.3 Å². The third-order valence-corrected chi connectivity index (χ3v) is 5.23. The van der Waals surface area contributed by atoms with Crippen molar-refractivity contribution in [3.8, 4) is 16.9 Å². The highest BCUT2D eigenvalue weighted by molar-refractivity contribution is 6.33. The molecular formula is C20H14ClF2N5O. The highest BCUT2D eigenvalue weighted by Gasteiger charge is 2.20. The fraction of sp³-hybridized carbons (Fsp3) is 0.150. The van der Waals surface area contributed by atoms with Crippen LogP contribution in [-0.2, 0) is 13.0 Å². The van der Waals surface area contributed by atoms with Crippen LogP contribution in [0.3, 0.4) is 0 Å². The van der Waals surface area contributed by atoms with Gasteiger partial charge >= 0.3 is 0 Å². The maximum Gasteiger partial charge on any atom is 0.210 e. The molecule has 0 radical (unpaired) electrons. The van der Waals surface area contributed by atoms with Crippen molar-refractivity contribution in [2.45, 2.75) is 13.0 Å². The number of aromatic nitrogens is 4. The molecule has 0 unspecified atom stereocenters. The van der Waals surface area contributed by atoms with Crippen LogP contribution in [0, 0.1) is 11.6 Å². The molecule has 1 aliphatic heterocycles. The van der Waals surface area contributed by atoms with E-state index in [1.807, 2.05) is 0 Å². The van der Waals surface area contributed by atoms with Crippen LogP contribution in [-0.4, -0.2) is 26.2 Å². The van der Waals surface area contributed by atoms with Gasteiger partial charge in [0, 0.05) is 41.4 Å². The second-order valence-corrected chi connectivity index (χ2v) is 7.01. The van der Waals surface area contributed by atoms with Gasteiger partial charge in [0.1, 0.15) is 23.7 Å². The summed E-state index contributed by atoms with van der Waals surface area (Å²) in [6.07, 6.45) is 3.75. The summed E-state index contributed by atoms with van der Waals surface area (Å²) in [6, 6.07) is 7.18. The molecule has 0 aliphatic carbocycles. The van der Waals surface area contributed by atoms with Gasteiger partial charge in [0.05, 0.1) is 11.6 Å². The van der Waals surface area contributed by atoms with Gasteiger partial charge in [-0.25, -0.2) is 13.8 Å². The largest absolute Gasteiger partial charge is 0.493 e. The molecule has 29 heavy (non-hydrogen) atoms. The van der Waals surface area contributed by atoms with Gasteiger partial charge in [-0.05, 0) is 30.3 Å². The molecule has 4 aromatic rings. The Morgan fingerprint density at radius 3 is 2.93 bits per heavy atom. The van der Waals surface area contributed by atoms with Crippen molar-refractivity contribution in [2.24, 2.45) is 0 Å². The molecule has 2 aromatic carbocycles. The number of nitrogens with zero attached hydrogens (tertiary/aromatic N) is 4. The molecule has 0 spiro atoms. The van der Waals surface area contributed by atoms with Crippen molar-refractivity contribution in [2.75, 3.05) is 11.9 Å². The standard InChI is InChI=1S/C20H14ClF2N5O/c21-16-7-11(22)1-2-12(16)15-9-25-20(28-10-26-27-19(15)28)24-8-14-13-5-6-29-18(13)4-3-17(14)23/h1-4,7,9-10H,5-6,8H2,(H,24,25). The Morgan fingerprint density at radius 1 is 1.17 bits per heavy atom. The number of nitrogens with one attached hydrogen (secondary N) is 1. The van der Waals surface area contributed by atoms with E-state index < -0.39 is 5.82 Å². The minimum Gasteiger partial charge on any atom is -0.493 e. The molecule has 0 amide bonds. The SMILES string of the molecule is Fc1ccc(-c2cnc(NCc3c(F)ccc4c3CCO4)n3cnnc23)c(Cl)c1. The number of hydrogen-bond donors (Lipinski definition) is 1. The third kappa shape index (κ3) is 3.05. The molecule has 0 saturated heterocycles. The maximum atomic E-state index is 14.4. The highest BCUT2D eigenvalue weighted by Crippen LogP contribution is 2.32. The summed E-state index contributed by atoms with van der Waals surface area (Å²) in [5, 5.41) is 11.5. The second-order valence-electron chi connectivity index (χ2n) is 6.60. The summed E-state index contributed by atoms with van der Waals surface area (Å²) in [5.74, 6) is 0.440. The summed E-state index contributed by atoms with van der Waals surface area (Å²) in [6.45, 7) is 0.780. The van der Waals surface area contributed by atoms with E-state index in [0.717, 1.165) is 5.56 Å². The molecule has 0 atom stereocenters. The zero-order chi connectivity index (χ0) is 20.0. The smallest absolute Gasteiger partial charge is 0.210 e. The van der Waals surface area contributed by atoms with Gasteiger partial charge < -0.3 is 10.1 Å². The molecule has 5 rings (SSSR count). The number of anilines is 1. The van der Waals surface area contributed by atoms with Crippen molar-refractivity contribution in [3.63, 3.8) is 0 Å². The minimum absolute atomic E-state index is 0.231. The van der Waals surface area contributed by atoms with Crippen LogP contribution in [0.25, 0.3) is 16.8 Å². The van der Waals surface area contributed by atoms with Crippen LogP contribution < -0.4 is 10.1 Å². The first kappa shape index (κ1) is 17.8. The Morgan fingerprint density at radius 2 is 2.07 bits per heavy atom. The quantitative estimate of drug-likeness (QED) is 0.541. The van der Waals surface area contributed by atoms with E-state index in [4.69, 9.17) is 16.3 Å². The van der Waals surface area contributed by atoms with Crippen molar-refractivity contribution >= 4 is 23.2 Å².